The molecule has 19 heavy (non-hydrogen) atoms. The molecule has 1 fully saturated rings. The fraction of sp³-hybridized carbons (Fsp3) is 0.857. The zero-order chi connectivity index (χ0) is 14.0. The van der Waals surface area contributed by atoms with Crippen LogP contribution >= 0.6 is 0 Å². The second-order valence-electron chi connectivity index (χ2n) is 6.43. The predicted octanol–water partition coefficient (Wildman–Crippen LogP) is 2.52. The van der Waals surface area contributed by atoms with Crippen LogP contribution in [0.25, 0.3) is 0 Å². The quantitative estimate of drug-likeness (QED) is 0.908. The van der Waals surface area contributed by atoms with Crippen LogP contribution in [0.2, 0.25) is 0 Å². The summed E-state index contributed by atoms with van der Waals surface area (Å²) in [5.41, 5.74) is -0.0449. The smallest absolute Gasteiger partial charge is 0.231 e. The second kappa shape index (κ2) is 5.59. The summed E-state index contributed by atoms with van der Waals surface area (Å²) in [6.45, 7) is 13.2. The fourth-order valence-corrected chi connectivity index (χ4v) is 2.52. The number of hydrogen-bond donors (Lipinski definition) is 1. The van der Waals surface area contributed by atoms with Gasteiger partial charge in [0.05, 0.1) is 5.92 Å². The average Bonchev–Trinajstić information content (AvgIpc) is 2.92. The summed E-state index contributed by atoms with van der Waals surface area (Å²) in [6.07, 6.45) is -0.125. The van der Waals surface area contributed by atoms with E-state index in [4.69, 9.17) is 9.26 Å². The Morgan fingerprint density at radius 1 is 1.42 bits per heavy atom. The van der Waals surface area contributed by atoms with E-state index < -0.39 is 0 Å². The largest absolute Gasteiger partial charge is 0.370 e. The lowest BCUT2D eigenvalue weighted by Gasteiger charge is -2.27. The van der Waals surface area contributed by atoms with Crippen molar-refractivity contribution >= 4 is 0 Å². The zero-order valence-electron chi connectivity index (χ0n) is 12.6. The first kappa shape index (κ1) is 14.5. The molecule has 0 aromatic carbocycles. The normalized spacial score (nSPS) is 25.7. The molecule has 2 heterocycles. The van der Waals surface area contributed by atoms with Crippen molar-refractivity contribution in [3.05, 3.63) is 11.7 Å². The van der Waals surface area contributed by atoms with Crippen molar-refractivity contribution in [3.8, 4) is 0 Å². The minimum absolute atomic E-state index is 0.0449. The van der Waals surface area contributed by atoms with Crippen LogP contribution < -0.4 is 5.32 Å². The van der Waals surface area contributed by atoms with Crippen LogP contribution in [0.3, 0.4) is 0 Å². The minimum atomic E-state index is -0.125. The first-order valence-electron chi connectivity index (χ1n) is 7.09. The van der Waals surface area contributed by atoms with Crippen molar-refractivity contribution in [3.63, 3.8) is 0 Å². The molecule has 5 heteroatoms. The molecule has 3 atom stereocenters. The maximum Gasteiger partial charge on any atom is 0.231 e. The van der Waals surface area contributed by atoms with Gasteiger partial charge < -0.3 is 14.6 Å². The fourth-order valence-electron chi connectivity index (χ4n) is 2.52. The van der Waals surface area contributed by atoms with Gasteiger partial charge in [-0.15, -0.1) is 0 Å². The van der Waals surface area contributed by atoms with Gasteiger partial charge in [0.25, 0.3) is 0 Å². The summed E-state index contributed by atoms with van der Waals surface area (Å²) in [5, 5.41) is 7.50. The Kier molecular flexibility index (Phi) is 4.26. The molecular weight excluding hydrogens is 242 g/mol. The van der Waals surface area contributed by atoms with Gasteiger partial charge in [0.1, 0.15) is 6.10 Å². The summed E-state index contributed by atoms with van der Waals surface area (Å²) in [6, 6.07) is 0. The molecule has 0 bridgehead atoms. The molecule has 0 spiro atoms. The molecule has 3 unspecified atom stereocenters. The van der Waals surface area contributed by atoms with Crippen LogP contribution in [0.15, 0.2) is 4.52 Å². The van der Waals surface area contributed by atoms with E-state index >= 15 is 0 Å². The molecule has 1 aliphatic heterocycles. The Balaban J connectivity index is 2.18. The molecule has 0 amide bonds. The van der Waals surface area contributed by atoms with Crippen molar-refractivity contribution in [1.82, 2.24) is 15.5 Å². The maximum absolute atomic E-state index is 5.79. The van der Waals surface area contributed by atoms with Crippen molar-refractivity contribution < 1.29 is 9.26 Å². The van der Waals surface area contributed by atoms with E-state index in [2.05, 4.69) is 43.2 Å². The average molecular weight is 267 g/mol. The second-order valence-corrected chi connectivity index (χ2v) is 6.43. The van der Waals surface area contributed by atoms with Gasteiger partial charge in [-0.25, -0.2) is 0 Å². The van der Waals surface area contributed by atoms with Gasteiger partial charge in [-0.1, -0.05) is 32.9 Å². The van der Waals surface area contributed by atoms with E-state index in [-0.39, 0.29) is 11.5 Å². The Labute approximate surface area is 115 Å². The number of rotatable bonds is 4. The first-order valence-corrected chi connectivity index (χ1v) is 7.09. The van der Waals surface area contributed by atoms with Gasteiger partial charge in [0.15, 0.2) is 0 Å². The zero-order valence-corrected chi connectivity index (χ0v) is 12.6. The molecule has 2 rings (SSSR count). The highest BCUT2D eigenvalue weighted by Gasteiger charge is 2.34. The Morgan fingerprint density at radius 3 is 2.68 bits per heavy atom. The summed E-state index contributed by atoms with van der Waals surface area (Å²) >= 11 is 0. The predicted molar refractivity (Wildman–Crippen MR) is 72.9 cm³/mol. The van der Waals surface area contributed by atoms with Gasteiger partial charge >= 0.3 is 0 Å². The van der Waals surface area contributed by atoms with Crippen LogP contribution in [0, 0.1) is 11.3 Å². The van der Waals surface area contributed by atoms with E-state index in [1.165, 1.54) is 0 Å². The molecule has 1 aliphatic rings. The molecule has 1 N–H and O–H groups in total. The SMILES string of the molecule is CCOC(c1noc(C2CNCC2C)n1)C(C)(C)C. The van der Waals surface area contributed by atoms with Gasteiger partial charge in [0.2, 0.25) is 11.7 Å². The van der Waals surface area contributed by atoms with Crippen molar-refractivity contribution in [1.29, 1.82) is 0 Å². The van der Waals surface area contributed by atoms with Gasteiger partial charge in [-0.2, -0.15) is 4.98 Å². The van der Waals surface area contributed by atoms with E-state index in [1.807, 2.05) is 6.92 Å². The summed E-state index contributed by atoms with van der Waals surface area (Å²) in [5.74, 6) is 2.27. The first-order chi connectivity index (χ1) is 8.93. The molecule has 1 aromatic heterocycles. The minimum Gasteiger partial charge on any atom is -0.370 e. The van der Waals surface area contributed by atoms with Crippen LogP contribution in [-0.4, -0.2) is 29.8 Å². The maximum atomic E-state index is 5.79. The highest BCUT2D eigenvalue weighted by molar-refractivity contribution is 5.03. The Hall–Kier alpha value is -0.940. The van der Waals surface area contributed by atoms with E-state index in [0.717, 1.165) is 19.0 Å². The lowest BCUT2D eigenvalue weighted by molar-refractivity contribution is -0.0203. The van der Waals surface area contributed by atoms with Crippen molar-refractivity contribution in [2.24, 2.45) is 11.3 Å². The molecule has 108 valence electrons. The standard InChI is InChI=1S/C14H25N3O2/c1-6-18-11(14(3,4)5)12-16-13(19-17-12)10-8-15-7-9(10)2/h9-11,15H,6-8H2,1-5H3. The highest BCUT2D eigenvalue weighted by Crippen LogP contribution is 2.35. The topological polar surface area (TPSA) is 60.2 Å². The highest BCUT2D eigenvalue weighted by atomic mass is 16.5. The number of nitrogens with one attached hydrogen (secondary N) is 1. The summed E-state index contributed by atoms with van der Waals surface area (Å²) in [4.78, 5) is 4.59. The lowest BCUT2D eigenvalue weighted by atomic mass is 9.88. The van der Waals surface area contributed by atoms with Crippen LogP contribution in [0.5, 0.6) is 0 Å². The Morgan fingerprint density at radius 2 is 2.16 bits per heavy atom. The Bertz CT molecular complexity index is 411. The third-order valence-electron chi connectivity index (χ3n) is 3.65. The number of ether oxygens (including phenoxy) is 1. The number of nitrogens with zero attached hydrogens (tertiary/aromatic N) is 2. The molecule has 0 saturated carbocycles. The van der Waals surface area contributed by atoms with Crippen LogP contribution in [0.4, 0.5) is 0 Å². The molecule has 1 saturated heterocycles. The molecule has 1 aromatic rings. The van der Waals surface area contributed by atoms with Gasteiger partial charge in [-0.3, -0.25) is 0 Å². The van der Waals surface area contributed by atoms with Gasteiger partial charge in [0, 0.05) is 13.2 Å². The van der Waals surface area contributed by atoms with E-state index in [0.29, 0.717) is 24.3 Å². The number of hydrogen-bond acceptors (Lipinski definition) is 5. The van der Waals surface area contributed by atoms with Crippen LogP contribution in [0.1, 0.15) is 58.4 Å². The molecule has 0 aliphatic carbocycles. The van der Waals surface area contributed by atoms with E-state index in [1.54, 1.807) is 0 Å². The third-order valence-corrected chi connectivity index (χ3v) is 3.65. The monoisotopic (exact) mass is 267 g/mol. The van der Waals surface area contributed by atoms with Crippen molar-refractivity contribution in [2.75, 3.05) is 19.7 Å². The molecule has 0 radical (unpaired) electrons. The summed E-state index contributed by atoms with van der Waals surface area (Å²) < 4.78 is 11.3. The summed E-state index contributed by atoms with van der Waals surface area (Å²) in [7, 11) is 0. The number of aromatic nitrogens is 2. The lowest BCUT2D eigenvalue weighted by Crippen LogP contribution is -2.22. The third kappa shape index (κ3) is 3.15. The van der Waals surface area contributed by atoms with E-state index in [9.17, 15) is 0 Å². The molecular formula is C14H25N3O2. The molecule has 5 nitrogen and oxygen atoms in total. The van der Waals surface area contributed by atoms with Crippen LogP contribution in [-0.2, 0) is 4.74 Å². The van der Waals surface area contributed by atoms with Crippen molar-refractivity contribution in [2.45, 2.75) is 46.6 Å². The van der Waals surface area contributed by atoms with Gasteiger partial charge in [-0.05, 0) is 24.8 Å².